The summed E-state index contributed by atoms with van der Waals surface area (Å²) >= 11 is 1.36. The minimum Gasteiger partial charge on any atom is -0.394 e. The number of ether oxygens (including phenoxy) is 1. The van der Waals surface area contributed by atoms with Gasteiger partial charge in [-0.1, -0.05) is 0 Å². The Morgan fingerprint density at radius 2 is 2.25 bits per heavy atom. The molecule has 0 saturated carbocycles. The van der Waals surface area contributed by atoms with Gasteiger partial charge in [0.05, 0.1) is 7.98 Å². The second-order valence-corrected chi connectivity index (χ2v) is 4.48. The van der Waals surface area contributed by atoms with Crippen molar-refractivity contribution in [3.8, 4) is 0 Å². The summed E-state index contributed by atoms with van der Waals surface area (Å²) in [5.74, 6) is -0.696. The van der Waals surface area contributed by atoms with Crippen molar-refractivity contribution in [1.29, 1.82) is 0 Å². The largest absolute Gasteiger partial charge is 0.394 e. The molecule has 1 heterocycles. The molecule has 5 N–H and O–H groups in total. The first-order valence-electron chi connectivity index (χ1n) is 5.00. The third kappa shape index (κ3) is 2.46. The summed E-state index contributed by atoms with van der Waals surface area (Å²) in [6, 6.07) is 0. The van der Waals surface area contributed by atoms with E-state index in [1.165, 1.54) is 22.6 Å². The van der Waals surface area contributed by atoms with Crippen LogP contribution < -0.4 is 5.32 Å². The molecule has 0 spiro atoms. The number of alkyl halides is 1. The van der Waals surface area contributed by atoms with Crippen LogP contribution in [-0.2, 0) is 9.53 Å². The van der Waals surface area contributed by atoms with Crippen molar-refractivity contribution in [3.63, 3.8) is 0 Å². The van der Waals surface area contributed by atoms with Gasteiger partial charge in [-0.25, -0.2) is 0 Å². The Labute approximate surface area is 107 Å². The average Bonchev–Trinajstić information content (AvgIpc) is 2.20. The molecule has 1 aliphatic heterocycles. The first kappa shape index (κ1) is 12.5. The number of carbonyl (C=O) groups excluding carboxylic acids is 1. The average molecular weight is 348 g/mol. The van der Waals surface area contributed by atoms with Gasteiger partial charge >= 0.3 is 0 Å². The van der Waals surface area contributed by atoms with Crippen LogP contribution in [0, 0.1) is 0 Å². The molecular formula is C8H14INO6. The van der Waals surface area contributed by atoms with Crippen molar-refractivity contribution < 1.29 is 31.3 Å². The van der Waals surface area contributed by atoms with Crippen LogP contribution in [0.25, 0.3) is 0 Å². The van der Waals surface area contributed by atoms with E-state index in [0.29, 0.717) is 0 Å². The molecule has 1 saturated heterocycles. The highest BCUT2D eigenvalue weighted by atomic mass is 127. The molecule has 7 nitrogen and oxygen atoms in total. The standard InChI is InChI=1S/C8H14INO6/c1-3(12)10-8(15)6(14)5(13)4(2-11)16-7(8)9/h4-7,11,13-15H,2H2,1H3,(H,10,12)/t4-,5-,6+,7?,8-/m1/s1/i7D. The van der Waals surface area contributed by atoms with E-state index in [0.717, 1.165) is 6.92 Å². The van der Waals surface area contributed by atoms with E-state index in [1.807, 2.05) is 5.32 Å². The van der Waals surface area contributed by atoms with Gasteiger partial charge in [-0.05, 0) is 22.6 Å². The Bertz CT molecular complexity index is 316. The lowest BCUT2D eigenvalue weighted by Gasteiger charge is -2.46. The van der Waals surface area contributed by atoms with Crippen LogP contribution in [0.3, 0.4) is 0 Å². The predicted molar refractivity (Wildman–Crippen MR) is 60.5 cm³/mol. The topological polar surface area (TPSA) is 119 Å². The quantitative estimate of drug-likeness (QED) is 0.217. The van der Waals surface area contributed by atoms with Crippen molar-refractivity contribution in [2.75, 3.05) is 6.61 Å². The fourth-order valence-electron chi connectivity index (χ4n) is 1.40. The number of aliphatic hydroxyl groups is 4. The fourth-order valence-corrected chi connectivity index (χ4v) is 2.18. The lowest BCUT2D eigenvalue weighted by molar-refractivity contribution is -0.255. The highest BCUT2D eigenvalue weighted by Crippen LogP contribution is 2.31. The smallest absolute Gasteiger partial charge is 0.219 e. The van der Waals surface area contributed by atoms with Crippen LogP contribution >= 0.6 is 22.6 Å². The zero-order chi connectivity index (χ0) is 13.4. The molecular weight excluding hydrogens is 333 g/mol. The normalized spacial score (nSPS) is 49.6. The van der Waals surface area contributed by atoms with Crippen molar-refractivity contribution >= 4 is 28.5 Å². The van der Waals surface area contributed by atoms with Gasteiger partial charge in [0.15, 0.2) is 4.09 Å². The Kier molecular flexibility index (Phi) is 3.97. The van der Waals surface area contributed by atoms with Gasteiger partial charge in [0, 0.05) is 6.92 Å². The fraction of sp³-hybridized carbons (Fsp3) is 0.875. The summed E-state index contributed by atoms with van der Waals surface area (Å²) in [6.07, 6.45) is -4.69. The summed E-state index contributed by atoms with van der Waals surface area (Å²) in [5, 5.41) is 40.3. The Balaban J connectivity index is 3.07. The number of amides is 1. The predicted octanol–water partition coefficient (Wildman–Crippen LogP) is -2.31. The maximum atomic E-state index is 11.0. The van der Waals surface area contributed by atoms with Crippen molar-refractivity contribution in [2.45, 2.75) is 35.0 Å². The maximum absolute atomic E-state index is 11.0. The summed E-state index contributed by atoms with van der Waals surface area (Å²) in [7, 11) is 0. The Hall–Kier alpha value is -0.000000000000000222. The number of carbonyl (C=O) groups is 1. The van der Waals surface area contributed by atoms with Gasteiger partial charge in [-0.2, -0.15) is 0 Å². The minimum absolute atomic E-state index is 0.627. The SMILES string of the molecule is [2H]C1(I)O[C@H](CO)[C@@H](O)[C@H](O)[C@]1(O)NC(C)=O. The monoisotopic (exact) mass is 348 g/mol. The summed E-state index contributed by atoms with van der Waals surface area (Å²) < 4.78 is 10.6. The lowest BCUT2D eigenvalue weighted by Crippen LogP contribution is -2.71. The molecule has 0 aromatic rings. The minimum atomic E-state index is -2.47. The second-order valence-electron chi connectivity index (χ2n) is 3.50. The number of aliphatic hydroxyl groups excluding tert-OH is 3. The molecule has 94 valence electrons. The third-order valence-corrected chi connectivity index (χ3v) is 3.31. The number of halogens is 1. The second kappa shape index (κ2) is 5.10. The highest BCUT2D eigenvalue weighted by molar-refractivity contribution is 14.1. The van der Waals surface area contributed by atoms with Crippen molar-refractivity contribution in [1.82, 2.24) is 5.32 Å². The van der Waals surface area contributed by atoms with Gasteiger partial charge in [-0.15, -0.1) is 0 Å². The van der Waals surface area contributed by atoms with Gasteiger partial charge in [-0.3, -0.25) is 4.79 Å². The first-order chi connectivity index (χ1) is 7.65. The van der Waals surface area contributed by atoms with Gasteiger partial charge in [0.25, 0.3) is 0 Å². The van der Waals surface area contributed by atoms with Crippen LogP contribution in [0.5, 0.6) is 0 Å². The zero-order valence-electron chi connectivity index (χ0n) is 9.42. The van der Waals surface area contributed by atoms with E-state index in [1.54, 1.807) is 0 Å². The molecule has 0 aliphatic carbocycles. The van der Waals surface area contributed by atoms with Crippen LogP contribution in [0.4, 0.5) is 0 Å². The van der Waals surface area contributed by atoms with Crippen LogP contribution in [0.2, 0.25) is 0 Å². The van der Waals surface area contributed by atoms with E-state index in [2.05, 4.69) is 0 Å². The number of hydrogen-bond donors (Lipinski definition) is 5. The van der Waals surface area contributed by atoms with Crippen LogP contribution in [0.1, 0.15) is 8.29 Å². The molecule has 1 aliphatic rings. The van der Waals surface area contributed by atoms with Crippen molar-refractivity contribution in [2.24, 2.45) is 0 Å². The van der Waals surface area contributed by atoms with E-state index in [-0.39, 0.29) is 0 Å². The molecule has 5 atom stereocenters. The molecule has 0 bridgehead atoms. The van der Waals surface area contributed by atoms with Gasteiger partial charge in [0.1, 0.15) is 18.3 Å². The number of hydrogen-bond acceptors (Lipinski definition) is 6. The molecule has 16 heavy (non-hydrogen) atoms. The zero-order valence-corrected chi connectivity index (χ0v) is 10.6. The molecule has 0 aromatic carbocycles. The molecule has 1 fully saturated rings. The van der Waals surface area contributed by atoms with Gasteiger partial charge in [0.2, 0.25) is 11.6 Å². The summed E-state index contributed by atoms with van der Waals surface area (Å²) in [5.41, 5.74) is -2.47. The molecule has 0 radical (unpaired) electrons. The van der Waals surface area contributed by atoms with E-state index >= 15 is 0 Å². The summed E-state index contributed by atoms with van der Waals surface area (Å²) in [4.78, 5) is 11.0. The molecule has 1 rings (SSSR count). The Morgan fingerprint density at radius 3 is 2.69 bits per heavy atom. The summed E-state index contributed by atoms with van der Waals surface area (Å²) in [6.45, 7) is 0.458. The maximum Gasteiger partial charge on any atom is 0.219 e. The van der Waals surface area contributed by atoms with Crippen LogP contribution in [0.15, 0.2) is 0 Å². The highest BCUT2D eigenvalue weighted by Gasteiger charge is 2.54. The van der Waals surface area contributed by atoms with E-state index < -0.39 is 40.6 Å². The molecule has 8 heteroatoms. The first-order valence-corrected chi connectivity index (χ1v) is 5.58. The third-order valence-electron chi connectivity index (χ3n) is 2.23. The Morgan fingerprint density at radius 1 is 1.69 bits per heavy atom. The van der Waals surface area contributed by atoms with Crippen LogP contribution in [-0.4, -0.2) is 61.1 Å². The van der Waals surface area contributed by atoms with Crippen molar-refractivity contribution in [3.05, 3.63) is 0 Å². The number of rotatable bonds is 2. The molecule has 1 unspecified atom stereocenters. The molecule has 0 aromatic heterocycles. The van der Waals surface area contributed by atoms with Gasteiger partial charge < -0.3 is 30.5 Å². The van der Waals surface area contributed by atoms with E-state index in [4.69, 9.17) is 11.2 Å². The van der Waals surface area contributed by atoms with E-state index in [9.17, 15) is 20.1 Å². The molecule has 1 amide bonds. The number of nitrogens with one attached hydrogen (secondary N) is 1. The lowest BCUT2D eigenvalue weighted by atomic mass is 9.95.